The van der Waals surface area contributed by atoms with Gasteiger partial charge in [-0.1, -0.05) is 122 Å². The number of unbranched alkanes of at least 4 members (excludes halogenated alkanes) is 15. The molecule has 0 fully saturated rings. The van der Waals surface area contributed by atoms with E-state index in [0.29, 0.717) is 0 Å². The average Bonchev–Trinajstić information content (AvgIpc) is 2.86. The fourth-order valence-electron chi connectivity index (χ4n) is 4.80. The van der Waals surface area contributed by atoms with Crippen molar-refractivity contribution in [2.24, 2.45) is 0 Å². The van der Waals surface area contributed by atoms with E-state index in [4.69, 9.17) is 5.11 Å². The highest BCUT2D eigenvalue weighted by Gasteiger charge is 2.20. The monoisotopic (exact) mass is 505 g/mol. The van der Waals surface area contributed by atoms with E-state index in [1.165, 1.54) is 164 Å². The first kappa shape index (κ1) is 34.5. The van der Waals surface area contributed by atoms with Crippen molar-refractivity contribution in [2.75, 3.05) is 26.7 Å². The Balaban J connectivity index is 0.00000101. The summed E-state index contributed by atoms with van der Waals surface area (Å²) < 4.78 is 1.36. The number of hydrogen-bond acceptors (Lipinski definition) is 2. The normalized spacial score (nSPS) is 11.2. The molecule has 0 unspecified atom stereocenters. The largest absolute Gasteiger partial charge is 0.872 e. The molecule has 0 atom stereocenters. The van der Waals surface area contributed by atoms with E-state index >= 15 is 0 Å². The minimum Gasteiger partial charge on any atom is -0.872 e. The predicted molar refractivity (Wildman–Crippen MR) is 154 cm³/mol. The second kappa shape index (κ2) is 23.8. The maximum absolute atomic E-state index is 10.7. The molecule has 0 aliphatic rings. The van der Waals surface area contributed by atoms with Crippen molar-refractivity contribution in [1.82, 2.24) is 0 Å². The van der Waals surface area contributed by atoms with Gasteiger partial charge in [0.2, 0.25) is 0 Å². The Morgan fingerprint density at radius 2 is 0.972 bits per heavy atom. The van der Waals surface area contributed by atoms with Crippen molar-refractivity contribution >= 4 is 5.97 Å². The first-order valence-corrected chi connectivity index (χ1v) is 15.2. The highest BCUT2D eigenvalue weighted by atomic mass is 16.4. The minimum absolute atomic E-state index is 0.178. The molecular formula is C32H59NO3. The molecule has 0 heterocycles. The van der Waals surface area contributed by atoms with Crippen LogP contribution in [0, 0.1) is 0 Å². The van der Waals surface area contributed by atoms with Crippen LogP contribution in [0.1, 0.15) is 147 Å². The number of rotatable bonds is 22. The summed E-state index contributed by atoms with van der Waals surface area (Å²) in [4.78, 5) is 10.2. The van der Waals surface area contributed by atoms with Crippen LogP contribution >= 0.6 is 0 Å². The SMILES string of the molecule is CCCCCCCC[N+](C)(CCCCCCCC)CCCCCCCC.O=C(O)c1ccccc1[O-]. The summed E-state index contributed by atoms with van der Waals surface area (Å²) in [5.74, 6) is -1.62. The number of benzene rings is 1. The summed E-state index contributed by atoms with van der Waals surface area (Å²) in [6, 6.07) is 5.54. The third-order valence-electron chi connectivity index (χ3n) is 7.27. The van der Waals surface area contributed by atoms with Gasteiger partial charge in [0.05, 0.1) is 32.2 Å². The second-order valence-electron chi connectivity index (χ2n) is 10.9. The van der Waals surface area contributed by atoms with Crippen molar-refractivity contribution in [3.63, 3.8) is 0 Å². The van der Waals surface area contributed by atoms with E-state index < -0.39 is 11.7 Å². The lowest BCUT2D eigenvalue weighted by atomic mass is 10.1. The van der Waals surface area contributed by atoms with E-state index in [2.05, 4.69) is 27.8 Å². The third-order valence-corrected chi connectivity index (χ3v) is 7.27. The number of para-hydroxylation sites is 1. The van der Waals surface area contributed by atoms with E-state index in [-0.39, 0.29) is 5.56 Å². The molecular weight excluding hydrogens is 446 g/mol. The zero-order valence-corrected chi connectivity index (χ0v) is 24.4. The molecule has 1 aromatic rings. The fraction of sp³-hybridized carbons (Fsp3) is 0.781. The molecule has 4 heteroatoms. The first-order chi connectivity index (χ1) is 17.4. The molecule has 0 bridgehead atoms. The molecule has 0 saturated heterocycles. The van der Waals surface area contributed by atoms with Gasteiger partial charge in [-0.25, -0.2) is 4.79 Å². The molecule has 0 amide bonds. The number of carboxylic acids is 1. The lowest BCUT2D eigenvalue weighted by molar-refractivity contribution is -0.910. The van der Waals surface area contributed by atoms with E-state index in [9.17, 15) is 9.90 Å². The molecule has 0 saturated carbocycles. The zero-order valence-electron chi connectivity index (χ0n) is 24.4. The van der Waals surface area contributed by atoms with Gasteiger partial charge in [-0.15, -0.1) is 0 Å². The zero-order chi connectivity index (χ0) is 26.9. The number of nitrogens with zero attached hydrogens (tertiary/aromatic N) is 1. The van der Waals surface area contributed by atoms with Crippen molar-refractivity contribution in [3.8, 4) is 5.75 Å². The molecule has 1 N–H and O–H groups in total. The molecule has 0 aliphatic carbocycles. The third kappa shape index (κ3) is 19.6. The topological polar surface area (TPSA) is 60.4 Å². The van der Waals surface area contributed by atoms with Crippen LogP contribution in [0.2, 0.25) is 0 Å². The summed E-state index contributed by atoms with van der Waals surface area (Å²) in [6.45, 7) is 11.2. The summed E-state index contributed by atoms with van der Waals surface area (Å²) in [7, 11) is 2.56. The van der Waals surface area contributed by atoms with Crippen LogP contribution in [0.4, 0.5) is 0 Å². The highest BCUT2D eigenvalue weighted by molar-refractivity contribution is 5.90. The van der Waals surface area contributed by atoms with Gasteiger partial charge in [-0.05, 0) is 44.6 Å². The Morgan fingerprint density at radius 3 is 1.28 bits per heavy atom. The summed E-state index contributed by atoms with van der Waals surface area (Å²) in [5, 5.41) is 19.0. The predicted octanol–water partition coefficient (Wildman–Crippen LogP) is 8.97. The van der Waals surface area contributed by atoms with Crippen molar-refractivity contribution < 1.29 is 19.5 Å². The number of aromatic carboxylic acids is 1. The maximum atomic E-state index is 10.7. The Morgan fingerprint density at radius 1 is 0.639 bits per heavy atom. The van der Waals surface area contributed by atoms with Gasteiger partial charge in [0, 0.05) is 0 Å². The molecule has 0 spiro atoms. The summed E-state index contributed by atoms with van der Waals surface area (Å²) in [6.07, 6.45) is 25.9. The van der Waals surface area contributed by atoms with Crippen molar-refractivity contribution in [3.05, 3.63) is 29.8 Å². The fourth-order valence-corrected chi connectivity index (χ4v) is 4.80. The van der Waals surface area contributed by atoms with E-state index in [1.807, 2.05) is 0 Å². The van der Waals surface area contributed by atoms with Crippen LogP contribution in [-0.2, 0) is 0 Å². The van der Waals surface area contributed by atoms with Gasteiger partial charge in [0.15, 0.2) is 0 Å². The van der Waals surface area contributed by atoms with Crippen molar-refractivity contribution in [2.45, 2.75) is 136 Å². The molecule has 4 nitrogen and oxygen atoms in total. The van der Waals surface area contributed by atoms with Gasteiger partial charge < -0.3 is 14.7 Å². The summed E-state index contributed by atoms with van der Waals surface area (Å²) >= 11 is 0. The number of hydrogen-bond donors (Lipinski definition) is 1. The van der Waals surface area contributed by atoms with Gasteiger partial charge in [-0.2, -0.15) is 0 Å². The lowest BCUT2D eigenvalue weighted by Gasteiger charge is -2.35. The Hall–Kier alpha value is -1.55. The molecule has 0 aliphatic heterocycles. The second-order valence-corrected chi connectivity index (χ2v) is 10.9. The quantitative estimate of drug-likeness (QED) is 0.126. The standard InChI is InChI=1S/C25H54N.C7H6O3/c1-5-8-11-14-17-20-23-26(4,24-21-18-15-12-9-6-2)25-22-19-16-13-10-7-3;8-6-4-2-1-3-5(6)7(9)10/h5-25H2,1-4H3;1-4,8H,(H,9,10)/q+1;/p-1. The molecule has 1 aromatic carbocycles. The van der Waals surface area contributed by atoms with Gasteiger partial charge in [0.1, 0.15) is 0 Å². The molecule has 210 valence electrons. The number of carbonyl (C=O) groups is 1. The van der Waals surface area contributed by atoms with Gasteiger partial charge in [0.25, 0.3) is 0 Å². The summed E-state index contributed by atoms with van der Waals surface area (Å²) in [5.41, 5.74) is -0.178. The van der Waals surface area contributed by atoms with E-state index in [1.54, 1.807) is 0 Å². The molecule has 36 heavy (non-hydrogen) atoms. The Kier molecular flexibility index (Phi) is 22.8. The van der Waals surface area contributed by atoms with Gasteiger partial charge in [-0.3, -0.25) is 0 Å². The maximum Gasteiger partial charge on any atom is 0.335 e. The highest BCUT2D eigenvalue weighted by Crippen LogP contribution is 2.16. The minimum atomic E-state index is -1.18. The Labute approximate surface area is 224 Å². The van der Waals surface area contributed by atoms with Crippen LogP contribution in [0.15, 0.2) is 24.3 Å². The lowest BCUT2D eigenvalue weighted by Crippen LogP contribution is -2.46. The van der Waals surface area contributed by atoms with Crippen LogP contribution in [-0.4, -0.2) is 42.2 Å². The smallest absolute Gasteiger partial charge is 0.335 e. The first-order valence-electron chi connectivity index (χ1n) is 15.2. The van der Waals surface area contributed by atoms with Crippen LogP contribution in [0.3, 0.4) is 0 Å². The average molecular weight is 506 g/mol. The molecule has 1 rings (SSSR count). The number of quaternary nitrogens is 1. The Bertz CT molecular complexity index is 591. The number of carboxylic acid groups (broad SMARTS) is 1. The van der Waals surface area contributed by atoms with Crippen LogP contribution in [0.5, 0.6) is 5.75 Å². The van der Waals surface area contributed by atoms with Gasteiger partial charge >= 0.3 is 5.97 Å². The van der Waals surface area contributed by atoms with Crippen LogP contribution in [0.25, 0.3) is 0 Å². The van der Waals surface area contributed by atoms with E-state index in [0.717, 1.165) is 0 Å². The molecule has 0 aromatic heterocycles. The van der Waals surface area contributed by atoms with Crippen molar-refractivity contribution in [1.29, 1.82) is 0 Å². The van der Waals surface area contributed by atoms with Crippen LogP contribution < -0.4 is 5.11 Å². The molecule has 0 radical (unpaired) electrons.